The van der Waals surface area contributed by atoms with Crippen LogP contribution < -0.4 is 5.32 Å². The van der Waals surface area contributed by atoms with E-state index in [1.807, 2.05) is 13.8 Å². The topological polar surface area (TPSA) is 101 Å². The number of nitrogens with zero attached hydrogens (tertiary/aromatic N) is 3. The Kier molecular flexibility index (Phi) is 4.84. The molecular formula is C17H20N4O4S. The van der Waals surface area contributed by atoms with Crippen LogP contribution in [0.5, 0.6) is 0 Å². The minimum atomic E-state index is -3.52. The van der Waals surface area contributed by atoms with Crippen LogP contribution >= 0.6 is 0 Å². The van der Waals surface area contributed by atoms with E-state index in [4.69, 9.17) is 8.94 Å². The van der Waals surface area contributed by atoms with Gasteiger partial charge in [0.25, 0.3) is 0 Å². The Labute approximate surface area is 151 Å². The van der Waals surface area contributed by atoms with Gasteiger partial charge in [0.05, 0.1) is 17.7 Å². The van der Waals surface area contributed by atoms with Crippen LogP contribution in [0.4, 0.5) is 5.69 Å². The molecule has 138 valence electrons. The number of nitrogens with one attached hydrogen (secondary N) is 1. The van der Waals surface area contributed by atoms with E-state index in [0.717, 1.165) is 11.1 Å². The summed E-state index contributed by atoms with van der Waals surface area (Å²) >= 11 is 0. The van der Waals surface area contributed by atoms with Gasteiger partial charge in [-0.15, -0.1) is 0 Å². The van der Waals surface area contributed by atoms with Crippen LogP contribution in [-0.2, 0) is 16.6 Å². The summed E-state index contributed by atoms with van der Waals surface area (Å²) in [6.45, 7) is 4.06. The molecule has 3 aromatic rings. The molecule has 0 saturated heterocycles. The van der Waals surface area contributed by atoms with Crippen molar-refractivity contribution in [1.29, 1.82) is 0 Å². The number of benzene rings is 1. The van der Waals surface area contributed by atoms with Gasteiger partial charge in [-0.3, -0.25) is 0 Å². The molecule has 9 heteroatoms. The molecule has 0 spiro atoms. The predicted octanol–water partition coefficient (Wildman–Crippen LogP) is 2.81. The van der Waals surface area contributed by atoms with E-state index in [1.165, 1.54) is 24.7 Å². The summed E-state index contributed by atoms with van der Waals surface area (Å²) in [7, 11) is -0.505. The first-order chi connectivity index (χ1) is 12.3. The lowest BCUT2D eigenvalue weighted by Gasteiger charge is -2.16. The van der Waals surface area contributed by atoms with Crippen molar-refractivity contribution in [2.45, 2.75) is 25.3 Å². The highest BCUT2D eigenvalue weighted by atomic mass is 32.2. The van der Waals surface area contributed by atoms with Crippen LogP contribution in [0.25, 0.3) is 11.6 Å². The molecule has 0 fully saturated rings. The Morgan fingerprint density at radius 3 is 2.65 bits per heavy atom. The zero-order valence-corrected chi connectivity index (χ0v) is 15.8. The van der Waals surface area contributed by atoms with Crippen molar-refractivity contribution in [1.82, 2.24) is 14.4 Å². The lowest BCUT2D eigenvalue weighted by molar-refractivity contribution is 0.382. The molecule has 0 aliphatic carbocycles. The maximum absolute atomic E-state index is 12.4. The van der Waals surface area contributed by atoms with Crippen molar-refractivity contribution < 1.29 is 17.4 Å². The van der Waals surface area contributed by atoms with E-state index in [-0.39, 0.29) is 11.4 Å². The molecule has 1 N–H and O–H groups in total. The van der Waals surface area contributed by atoms with E-state index >= 15 is 0 Å². The fraction of sp³-hybridized carbons (Fsp3) is 0.294. The Hall–Kier alpha value is -2.65. The van der Waals surface area contributed by atoms with Gasteiger partial charge in [0, 0.05) is 19.8 Å². The highest BCUT2D eigenvalue weighted by Crippen LogP contribution is 2.26. The third-order valence-corrected chi connectivity index (χ3v) is 5.85. The largest absolute Gasteiger partial charge is 0.461 e. The van der Waals surface area contributed by atoms with Gasteiger partial charge in [-0.25, -0.2) is 12.7 Å². The van der Waals surface area contributed by atoms with Gasteiger partial charge in [0.2, 0.25) is 21.7 Å². The van der Waals surface area contributed by atoms with Crippen LogP contribution in [0.2, 0.25) is 0 Å². The summed E-state index contributed by atoms with van der Waals surface area (Å²) in [5.41, 5.74) is 2.52. The molecule has 0 aliphatic heterocycles. The molecule has 8 nitrogen and oxygen atoms in total. The first-order valence-corrected chi connectivity index (χ1v) is 9.37. The monoisotopic (exact) mass is 376 g/mol. The van der Waals surface area contributed by atoms with Crippen molar-refractivity contribution in [3.05, 3.63) is 47.5 Å². The van der Waals surface area contributed by atoms with Gasteiger partial charge in [-0.2, -0.15) is 4.98 Å². The lowest BCUT2D eigenvalue weighted by atomic mass is 10.1. The highest BCUT2D eigenvalue weighted by Gasteiger charge is 2.20. The van der Waals surface area contributed by atoms with Gasteiger partial charge in [0.15, 0.2) is 5.76 Å². The quantitative estimate of drug-likeness (QED) is 0.706. The number of furan rings is 1. The smallest absolute Gasteiger partial charge is 0.246 e. The van der Waals surface area contributed by atoms with Crippen molar-refractivity contribution in [2.24, 2.45) is 0 Å². The summed E-state index contributed by atoms with van der Waals surface area (Å²) in [6.07, 6.45) is 1.53. The molecule has 0 aliphatic rings. The second-order valence-corrected chi connectivity index (χ2v) is 8.19. The predicted molar refractivity (Wildman–Crippen MR) is 96.1 cm³/mol. The van der Waals surface area contributed by atoms with Crippen LogP contribution in [0.1, 0.15) is 17.0 Å². The summed E-state index contributed by atoms with van der Waals surface area (Å²) < 4.78 is 36.4. The fourth-order valence-corrected chi connectivity index (χ4v) is 3.39. The summed E-state index contributed by atoms with van der Waals surface area (Å²) in [5.74, 6) is 1.25. The minimum absolute atomic E-state index is 0.231. The Bertz CT molecular complexity index is 1010. The van der Waals surface area contributed by atoms with Gasteiger partial charge >= 0.3 is 0 Å². The molecule has 0 amide bonds. The second kappa shape index (κ2) is 6.93. The normalized spacial score (nSPS) is 11.9. The van der Waals surface area contributed by atoms with E-state index < -0.39 is 10.0 Å². The van der Waals surface area contributed by atoms with Crippen molar-refractivity contribution >= 4 is 15.7 Å². The molecular weight excluding hydrogens is 356 g/mol. The molecule has 26 heavy (non-hydrogen) atoms. The van der Waals surface area contributed by atoms with E-state index in [9.17, 15) is 8.42 Å². The first kappa shape index (κ1) is 18.2. The Balaban J connectivity index is 1.83. The zero-order valence-electron chi connectivity index (χ0n) is 15.0. The fourth-order valence-electron chi connectivity index (χ4n) is 2.37. The molecule has 3 rings (SSSR count). The standard InChI is InChI=1S/C17H20N4O4S/c1-11-8-13(26(22,23)21(3)4)9-14(12(11)2)18-10-16-19-17(20-25-16)15-6-5-7-24-15/h5-9,18H,10H2,1-4H3. The molecule has 1 aromatic carbocycles. The number of anilines is 1. The second-order valence-electron chi connectivity index (χ2n) is 6.04. The van der Waals surface area contributed by atoms with Crippen LogP contribution in [0.15, 0.2) is 44.4 Å². The Morgan fingerprint density at radius 2 is 2.00 bits per heavy atom. The van der Waals surface area contributed by atoms with Gasteiger partial charge < -0.3 is 14.3 Å². The molecule has 0 saturated carbocycles. The van der Waals surface area contributed by atoms with Crippen LogP contribution in [-0.4, -0.2) is 37.0 Å². The van der Waals surface area contributed by atoms with Gasteiger partial charge in [0.1, 0.15) is 0 Å². The molecule has 0 bridgehead atoms. The third-order valence-electron chi connectivity index (χ3n) is 4.06. The molecule has 0 unspecified atom stereocenters. The molecule has 2 aromatic heterocycles. The number of rotatable bonds is 6. The molecule has 2 heterocycles. The van der Waals surface area contributed by atoms with Gasteiger partial charge in [-0.05, 0) is 49.2 Å². The summed E-state index contributed by atoms with van der Waals surface area (Å²) in [6, 6.07) is 6.76. The Morgan fingerprint density at radius 1 is 1.23 bits per heavy atom. The van der Waals surface area contributed by atoms with E-state index in [0.29, 0.717) is 23.2 Å². The lowest BCUT2D eigenvalue weighted by Crippen LogP contribution is -2.22. The number of sulfonamides is 1. The SMILES string of the molecule is Cc1cc(S(=O)(=O)N(C)C)cc(NCc2nc(-c3ccco3)no2)c1C. The summed E-state index contributed by atoms with van der Waals surface area (Å²) in [5, 5.41) is 7.04. The van der Waals surface area contributed by atoms with E-state index in [2.05, 4.69) is 15.5 Å². The van der Waals surface area contributed by atoms with Crippen molar-refractivity contribution in [2.75, 3.05) is 19.4 Å². The number of aromatic nitrogens is 2. The van der Waals surface area contributed by atoms with Gasteiger partial charge in [-0.1, -0.05) is 5.16 Å². The number of hydrogen-bond acceptors (Lipinski definition) is 7. The van der Waals surface area contributed by atoms with E-state index in [1.54, 1.807) is 24.3 Å². The van der Waals surface area contributed by atoms with Crippen LogP contribution in [0, 0.1) is 13.8 Å². The zero-order chi connectivity index (χ0) is 18.9. The highest BCUT2D eigenvalue weighted by molar-refractivity contribution is 7.89. The van der Waals surface area contributed by atoms with Crippen molar-refractivity contribution in [3.63, 3.8) is 0 Å². The van der Waals surface area contributed by atoms with Crippen LogP contribution in [0.3, 0.4) is 0 Å². The average Bonchev–Trinajstić information content (AvgIpc) is 3.26. The molecule has 0 radical (unpaired) electrons. The number of hydrogen-bond donors (Lipinski definition) is 1. The number of aryl methyl sites for hydroxylation is 1. The minimum Gasteiger partial charge on any atom is -0.461 e. The van der Waals surface area contributed by atoms with Crippen molar-refractivity contribution in [3.8, 4) is 11.6 Å². The molecule has 0 atom stereocenters. The summed E-state index contributed by atoms with van der Waals surface area (Å²) in [4.78, 5) is 4.49. The average molecular weight is 376 g/mol. The maximum atomic E-state index is 12.4. The third kappa shape index (κ3) is 3.49. The maximum Gasteiger partial charge on any atom is 0.246 e. The first-order valence-electron chi connectivity index (χ1n) is 7.93.